The van der Waals surface area contributed by atoms with Crippen molar-refractivity contribution in [2.45, 2.75) is 12.8 Å². The fourth-order valence-electron chi connectivity index (χ4n) is 2.10. The van der Waals surface area contributed by atoms with Gasteiger partial charge in [-0.05, 0) is 37.1 Å². The summed E-state index contributed by atoms with van der Waals surface area (Å²) in [6, 6.07) is 5.55. The van der Waals surface area contributed by atoms with E-state index < -0.39 is 0 Å². The third-order valence-electron chi connectivity index (χ3n) is 3.40. The Bertz CT molecular complexity index is 504. The van der Waals surface area contributed by atoms with Gasteiger partial charge in [0.1, 0.15) is 5.82 Å². The van der Waals surface area contributed by atoms with E-state index in [1.54, 1.807) is 7.11 Å². The highest BCUT2D eigenvalue weighted by molar-refractivity contribution is 5.99. The molecule has 1 aliphatic rings. The Hall–Kier alpha value is -1.95. The van der Waals surface area contributed by atoms with Crippen LogP contribution in [0.1, 0.15) is 12.8 Å². The predicted octanol–water partition coefficient (Wildman–Crippen LogP) is 1.55. The zero-order chi connectivity index (χ0) is 15.2. The first-order chi connectivity index (χ1) is 10.1. The average molecular weight is 294 g/mol. The van der Waals surface area contributed by atoms with Crippen molar-refractivity contribution in [3.63, 3.8) is 0 Å². The van der Waals surface area contributed by atoms with Crippen LogP contribution in [0.5, 0.6) is 0 Å². The number of amides is 2. The Morgan fingerprint density at radius 2 is 1.90 bits per heavy atom. The Kier molecular flexibility index (Phi) is 5.27. The number of hydrogen-bond acceptors (Lipinski definition) is 3. The first-order valence-corrected chi connectivity index (χ1v) is 6.95. The van der Waals surface area contributed by atoms with Crippen LogP contribution in [-0.2, 0) is 14.3 Å². The van der Waals surface area contributed by atoms with Crippen LogP contribution in [0.4, 0.5) is 10.1 Å². The fraction of sp³-hybridized carbons (Fsp3) is 0.467. The van der Waals surface area contributed by atoms with Gasteiger partial charge >= 0.3 is 0 Å². The lowest BCUT2D eigenvalue weighted by atomic mass is 10.2. The minimum atomic E-state index is -0.354. The summed E-state index contributed by atoms with van der Waals surface area (Å²) in [5, 5.41) is 5.47. The number of hydrogen-bond donors (Lipinski definition) is 2. The van der Waals surface area contributed by atoms with Crippen LogP contribution in [0.2, 0.25) is 0 Å². The van der Waals surface area contributed by atoms with Gasteiger partial charge in [-0.2, -0.15) is 0 Å². The summed E-state index contributed by atoms with van der Waals surface area (Å²) >= 11 is 0. The Balaban J connectivity index is 1.73. The van der Waals surface area contributed by atoms with Crippen molar-refractivity contribution in [3.8, 4) is 0 Å². The summed E-state index contributed by atoms with van der Waals surface area (Å²) in [5.41, 5.74) is 0.535. The largest absolute Gasteiger partial charge is 0.385 e. The molecule has 6 heteroatoms. The van der Waals surface area contributed by atoms with Crippen molar-refractivity contribution in [2.24, 2.45) is 11.8 Å². The minimum Gasteiger partial charge on any atom is -0.385 e. The molecular formula is C15H19FN2O3. The molecule has 2 unspecified atom stereocenters. The summed E-state index contributed by atoms with van der Waals surface area (Å²) in [7, 11) is 1.61. The Morgan fingerprint density at radius 1 is 1.24 bits per heavy atom. The molecule has 5 nitrogen and oxygen atoms in total. The number of carbonyl (C=O) groups excluding carboxylic acids is 2. The van der Waals surface area contributed by atoms with Crippen molar-refractivity contribution in [1.82, 2.24) is 5.32 Å². The molecule has 0 aliphatic heterocycles. The molecule has 0 heterocycles. The van der Waals surface area contributed by atoms with E-state index in [4.69, 9.17) is 4.74 Å². The Morgan fingerprint density at radius 3 is 2.57 bits per heavy atom. The molecule has 1 aromatic carbocycles. The van der Waals surface area contributed by atoms with Crippen LogP contribution in [-0.4, -0.2) is 32.1 Å². The summed E-state index contributed by atoms with van der Waals surface area (Å²) < 4.78 is 17.7. The highest BCUT2D eigenvalue weighted by Crippen LogP contribution is 2.39. The van der Waals surface area contributed by atoms with Gasteiger partial charge in [0.15, 0.2) is 0 Å². The summed E-state index contributed by atoms with van der Waals surface area (Å²) in [6.45, 7) is 1.15. The first kappa shape index (κ1) is 15.4. The minimum absolute atomic E-state index is 0.0923. The molecule has 2 rings (SSSR count). The molecule has 1 aliphatic carbocycles. The standard InChI is InChI=1S/C15H19FN2O3/c1-21-8-2-7-17-14(19)12-9-13(12)15(20)18-11-5-3-10(16)4-6-11/h3-6,12-13H,2,7-9H2,1H3,(H,17,19)(H,18,20). The lowest BCUT2D eigenvalue weighted by molar-refractivity contribution is -0.125. The molecular weight excluding hydrogens is 275 g/mol. The molecule has 21 heavy (non-hydrogen) atoms. The molecule has 2 amide bonds. The van der Waals surface area contributed by atoms with Gasteiger partial charge in [-0.15, -0.1) is 0 Å². The van der Waals surface area contributed by atoms with E-state index in [9.17, 15) is 14.0 Å². The molecule has 114 valence electrons. The number of anilines is 1. The highest BCUT2D eigenvalue weighted by Gasteiger charge is 2.47. The van der Waals surface area contributed by atoms with Gasteiger partial charge in [-0.1, -0.05) is 0 Å². The number of nitrogens with one attached hydrogen (secondary N) is 2. The third kappa shape index (κ3) is 4.53. The lowest BCUT2D eigenvalue weighted by Crippen LogP contribution is -2.28. The molecule has 1 aromatic rings. The molecule has 0 bridgehead atoms. The van der Waals surface area contributed by atoms with Gasteiger partial charge in [0.2, 0.25) is 11.8 Å². The second kappa shape index (κ2) is 7.17. The number of methoxy groups -OCH3 is 1. The number of halogens is 1. The topological polar surface area (TPSA) is 67.4 Å². The second-order valence-electron chi connectivity index (χ2n) is 5.08. The fourth-order valence-corrected chi connectivity index (χ4v) is 2.10. The second-order valence-corrected chi connectivity index (χ2v) is 5.08. The lowest BCUT2D eigenvalue weighted by Gasteiger charge is -2.06. The molecule has 0 radical (unpaired) electrons. The van der Waals surface area contributed by atoms with Gasteiger partial charge in [-0.25, -0.2) is 4.39 Å². The number of rotatable bonds is 7. The zero-order valence-corrected chi connectivity index (χ0v) is 11.9. The van der Waals surface area contributed by atoms with E-state index in [2.05, 4.69) is 10.6 Å². The number of ether oxygens (including phenoxy) is 1. The molecule has 2 atom stereocenters. The van der Waals surface area contributed by atoms with E-state index in [-0.39, 0.29) is 29.5 Å². The van der Waals surface area contributed by atoms with Crippen molar-refractivity contribution < 1.29 is 18.7 Å². The van der Waals surface area contributed by atoms with E-state index in [1.165, 1.54) is 24.3 Å². The first-order valence-electron chi connectivity index (χ1n) is 6.95. The van der Waals surface area contributed by atoms with Crippen molar-refractivity contribution in [3.05, 3.63) is 30.1 Å². The highest BCUT2D eigenvalue weighted by atomic mass is 19.1. The monoisotopic (exact) mass is 294 g/mol. The molecule has 0 spiro atoms. The van der Waals surface area contributed by atoms with Crippen molar-refractivity contribution in [1.29, 1.82) is 0 Å². The van der Waals surface area contributed by atoms with Crippen molar-refractivity contribution >= 4 is 17.5 Å². The zero-order valence-electron chi connectivity index (χ0n) is 11.9. The van der Waals surface area contributed by atoms with E-state index in [0.29, 0.717) is 25.3 Å². The predicted molar refractivity (Wildman–Crippen MR) is 76.1 cm³/mol. The number of benzene rings is 1. The van der Waals surface area contributed by atoms with E-state index in [0.717, 1.165) is 6.42 Å². The van der Waals surface area contributed by atoms with Gasteiger partial charge < -0.3 is 15.4 Å². The normalized spacial score (nSPS) is 19.9. The molecule has 1 fully saturated rings. The van der Waals surface area contributed by atoms with Gasteiger partial charge in [0.05, 0.1) is 11.8 Å². The summed E-state index contributed by atoms with van der Waals surface area (Å²) in [6.07, 6.45) is 1.31. The average Bonchev–Trinajstić information content (AvgIpc) is 3.26. The van der Waals surface area contributed by atoms with Crippen LogP contribution < -0.4 is 10.6 Å². The van der Waals surface area contributed by atoms with Crippen LogP contribution in [0.3, 0.4) is 0 Å². The van der Waals surface area contributed by atoms with Crippen LogP contribution in [0, 0.1) is 17.7 Å². The summed E-state index contributed by atoms with van der Waals surface area (Å²) in [5.74, 6) is -1.19. The van der Waals surface area contributed by atoms with Gasteiger partial charge in [0, 0.05) is 25.9 Å². The maximum absolute atomic E-state index is 12.8. The van der Waals surface area contributed by atoms with Crippen molar-refractivity contribution in [2.75, 3.05) is 25.6 Å². The number of carbonyl (C=O) groups is 2. The Labute approximate surface area is 122 Å². The molecule has 0 aromatic heterocycles. The maximum atomic E-state index is 12.8. The summed E-state index contributed by atoms with van der Waals surface area (Å²) in [4.78, 5) is 23.7. The maximum Gasteiger partial charge on any atom is 0.228 e. The quantitative estimate of drug-likeness (QED) is 0.750. The van der Waals surface area contributed by atoms with Gasteiger partial charge in [0.25, 0.3) is 0 Å². The molecule has 2 N–H and O–H groups in total. The van der Waals surface area contributed by atoms with E-state index in [1.807, 2.05) is 0 Å². The smallest absolute Gasteiger partial charge is 0.228 e. The van der Waals surface area contributed by atoms with Crippen LogP contribution in [0.25, 0.3) is 0 Å². The van der Waals surface area contributed by atoms with Crippen LogP contribution >= 0.6 is 0 Å². The van der Waals surface area contributed by atoms with Crippen LogP contribution in [0.15, 0.2) is 24.3 Å². The third-order valence-corrected chi connectivity index (χ3v) is 3.40. The molecule has 0 saturated heterocycles. The SMILES string of the molecule is COCCCNC(=O)C1CC1C(=O)Nc1ccc(F)cc1. The van der Waals surface area contributed by atoms with E-state index >= 15 is 0 Å². The molecule has 1 saturated carbocycles. The van der Waals surface area contributed by atoms with Gasteiger partial charge in [-0.3, -0.25) is 9.59 Å².